The average Bonchev–Trinajstić information content (AvgIpc) is 3.48. The van der Waals surface area contributed by atoms with Crippen molar-refractivity contribution in [3.05, 3.63) is 65.7 Å². The number of esters is 1. The molecule has 28 heavy (non-hydrogen) atoms. The van der Waals surface area contributed by atoms with Crippen molar-refractivity contribution in [1.82, 2.24) is 5.32 Å². The molecule has 1 aliphatic rings. The Hall–Kier alpha value is -2.82. The largest absolute Gasteiger partial charge is 0.482 e. The first-order valence-corrected chi connectivity index (χ1v) is 9.61. The summed E-state index contributed by atoms with van der Waals surface area (Å²) < 4.78 is 11.0. The highest BCUT2D eigenvalue weighted by atomic mass is 16.6. The molecule has 0 spiro atoms. The summed E-state index contributed by atoms with van der Waals surface area (Å²) >= 11 is 0. The first-order valence-electron chi connectivity index (χ1n) is 9.61. The molecule has 5 nitrogen and oxygen atoms in total. The SMILES string of the molecule is CC(C)(C)c1ccc(OCC(=O)O[C@@H](C(=O)NC2CC2)c2ccccc2)cc1. The number of hydrogen-bond donors (Lipinski definition) is 1. The summed E-state index contributed by atoms with van der Waals surface area (Å²) in [7, 11) is 0. The van der Waals surface area contributed by atoms with Gasteiger partial charge < -0.3 is 14.8 Å². The van der Waals surface area contributed by atoms with Crippen LogP contribution in [-0.2, 0) is 19.7 Å². The van der Waals surface area contributed by atoms with Crippen LogP contribution >= 0.6 is 0 Å². The van der Waals surface area contributed by atoms with Crippen molar-refractivity contribution in [2.75, 3.05) is 6.61 Å². The van der Waals surface area contributed by atoms with Gasteiger partial charge in [0.25, 0.3) is 5.91 Å². The molecule has 148 valence electrons. The Labute approximate surface area is 166 Å². The molecule has 1 atom stereocenters. The number of carbonyl (C=O) groups excluding carboxylic acids is 2. The topological polar surface area (TPSA) is 64.6 Å². The molecule has 1 fully saturated rings. The molecular formula is C23H27NO4. The summed E-state index contributed by atoms with van der Waals surface area (Å²) in [6.07, 6.45) is 0.963. The lowest BCUT2D eigenvalue weighted by molar-refractivity contribution is -0.158. The Morgan fingerprint density at radius 2 is 1.68 bits per heavy atom. The molecule has 0 aromatic heterocycles. The third-order valence-electron chi connectivity index (χ3n) is 4.59. The molecule has 1 aliphatic carbocycles. The van der Waals surface area contributed by atoms with E-state index in [-0.39, 0.29) is 24.0 Å². The quantitative estimate of drug-likeness (QED) is 0.738. The van der Waals surface area contributed by atoms with E-state index in [9.17, 15) is 9.59 Å². The zero-order valence-corrected chi connectivity index (χ0v) is 16.6. The van der Waals surface area contributed by atoms with Gasteiger partial charge >= 0.3 is 5.97 Å². The molecule has 2 aromatic rings. The van der Waals surface area contributed by atoms with Gasteiger partial charge in [-0.15, -0.1) is 0 Å². The molecule has 5 heteroatoms. The van der Waals surface area contributed by atoms with Gasteiger partial charge in [0.05, 0.1) is 0 Å². The first-order chi connectivity index (χ1) is 13.3. The normalized spacial score (nSPS) is 14.8. The number of nitrogens with one attached hydrogen (secondary N) is 1. The van der Waals surface area contributed by atoms with Crippen LogP contribution in [0.15, 0.2) is 54.6 Å². The van der Waals surface area contributed by atoms with Crippen molar-refractivity contribution in [1.29, 1.82) is 0 Å². The van der Waals surface area contributed by atoms with Gasteiger partial charge in [-0.25, -0.2) is 4.79 Å². The second-order valence-corrected chi connectivity index (χ2v) is 8.13. The van der Waals surface area contributed by atoms with Crippen LogP contribution in [0.1, 0.15) is 50.8 Å². The standard InChI is InChI=1S/C23H27NO4/c1-23(2,3)17-9-13-19(14-10-17)27-15-20(25)28-21(16-7-5-4-6-8-16)22(26)24-18-11-12-18/h4-10,13-14,18,21H,11-12,15H2,1-3H3,(H,24,26)/t21-/m1/s1. The zero-order chi connectivity index (χ0) is 20.1. The van der Waals surface area contributed by atoms with E-state index < -0.39 is 12.1 Å². The summed E-state index contributed by atoms with van der Waals surface area (Å²) in [6, 6.07) is 16.9. The Bertz CT molecular complexity index is 805. The van der Waals surface area contributed by atoms with Crippen LogP contribution in [0.2, 0.25) is 0 Å². The molecule has 1 N–H and O–H groups in total. The maximum absolute atomic E-state index is 12.5. The Morgan fingerprint density at radius 3 is 2.25 bits per heavy atom. The minimum absolute atomic E-state index is 0.0509. The summed E-state index contributed by atoms with van der Waals surface area (Å²) in [5, 5.41) is 2.89. The van der Waals surface area contributed by atoms with E-state index in [1.807, 2.05) is 42.5 Å². The fourth-order valence-electron chi connectivity index (χ4n) is 2.76. The van der Waals surface area contributed by atoms with Gasteiger partial charge in [-0.3, -0.25) is 4.79 Å². The minimum atomic E-state index is -0.971. The van der Waals surface area contributed by atoms with Crippen LogP contribution in [-0.4, -0.2) is 24.5 Å². The second-order valence-electron chi connectivity index (χ2n) is 8.13. The number of amides is 1. The fourth-order valence-corrected chi connectivity index (χ4v) is 2.76. The number of hydrogen-bond acceptors (Lipinski definition) is 4. The van der Waals surface area contributed by atoms with Crippen LogP contribution in [0.4, 0.5) is 0 Å². The molecule has 0 radical (unpaired) electrons. The zero-order valence-electron chi connectivity index (χ0n) is 16.6. The third kappa shape index (κ3) is 5.59. The highest BCUT2D eigenvalue weighted by molar-refractivity contribution is 5.85. The van der Waals surface area contributed by atoms with Gasteiger partial charge in [0.15, 0.2) is 6.61 Å². The molecule has 0 bridgehead atoms. The Kier molecular flexibility index (Phi) is 6.02. The molecule has 0 heterocycles. The van der Waals surface area contributed by atoms with Crippen molar-refractivity contribution >= 4 is 11.9 Å². The van der Waals surface area contributed by atoms with Crippen molar-refractivity contribution in [2.24, 2.45) is 0 Å². The van der Waals surface area contributed by atoms with Crippen LogP contribution in [0, 0.1) is 0 Å². The third-order valence-corrected chi connectivity index (χ3v) is 4.59. The summed E-state index contributed by atoms with van der Waals surface area (Å²) in [6.45, 7) is 6.15. The molecular weight excluding hydrogens is 354 g/mol. The first kappa shape index (κ1) is 19.9. The average molecular weight is 381 g/mol. The van der Waals surface area contributed by atoms with Crippen molar-refractivity contribution in [3.63, 3.8) is 0 Å². The van der Waals surface area contributed by atoms with Gasteiger partial charge in [-0.05, 0) is 36.0 Å². The Balaban J connectivity index is 1.59. The second kappa shape index (κ2) is 8.46. The highest BCUT2D eigenvalue weighted by Crippen LogP contribution is 2.25. The van der Waals surface area contributed by atoms with Crippen LogP contribution in [0.25, 0.3) is 0 Å². The van der Waals surface area contributed by atoms with Gasteiger partial charge in [-0.1, -0.05) is 63.2 Å². The summed E-state index contributed by atoms with van der Waals surface area (Å²) in [5.74, 6) is -0.292. The lowest BCUT2D eigenvalue weighted by atomic mass is 9.87. The van der Waals surface area contributed by atoms with E-state index in [4.69, 9.17) is 9.47 Å². The van der Waals surface area contributed by atoms with Gasteiger partial charge in [0.1, 0.15) is 5.75 Å². The smallest absolute Gasteiger partial charge is 0.345 e. The van der Waals surface area contributed by atoms with Crippen LogP contribution in [0.5, 0.6) is 5.75 Å². The van der Waals surface area contributed by atoms with E-state index in [1.54, 1.807) is 12.1 Å². The number of ether oxygens (including phenoxy) is 2. The maximum atomic E-state index is 12.5. The van der Waals surface area contributed by atoms with Crippen molar-refractivity contribution in [3.8, 4) is 5.75 Å². The van der Waals surface area contributed by atoms with Gasteiger partial charge in [0, 0.05) is 11.6 Å². The minimum Gasteiger partial charge on any atom is -0.482 e. The number of benzene rings is 2. The van der Waals surface area contributed by atoms with Crippen molar-refractivity contribution in [2.45, 2.75) is 51.2 Å². The lowest BCUT2D eigenvalue weighted by Crippen LogP contribution is -2.34. The lowest BCUT2D eigenvalue weighted by Gasteiger charge is -2.19. The van der Waals surface area contributed by atoms with E-state index >= 15 is 0 Å². The number of rotatable bonds is 7. The van der Waals surface area contributed by atoms with E-state index in [0.29, 0.717) is 11.3 Å². The molecule has 0 unspecified atom stereocenters. The summed E-state index contributed by atoms with van der Waals surface area (Å²) in [4.78, 5) is 24.8. The molecule has 1 amide bonds. The Morgan fingerprint density at radius 1 is 1.04 bits per heavy atom. The molecule has 0 saturated heterocycles. The molecule has 0 aliphatic heterocycles. The predicted octanol–water partition coefficient (Wildman–Crippen LogP) is 3.93. The van der Waals surface area contributed by atoms with Gasteiger partial charge in [-0.2, -0.15) is 0 Å². The van der Waals surface area contributed by atoms with Crippen LogP contribution in [0.3, 0.4) is 0 Å². The van der Waals surface area contributed by atoms with Crippen molar-refractivity contribution < 1.29 is 19.1 Å². The molecule has 1 saturated carbocycles. The van der Waals surface area contributed by atoms with Crippen LogP contribution < -0.4 is 10.1 Å². The molecule has 2 aromatic carbocycles. The van der Waals surface area contributed by atoms with Gasteiger partial charge in [0.2, 0.25) is 6.10 Å². The fraction of sp³-hybridized carbons (Fsp3) is 0.391. The monoisotopic (exact) mass is 381 g/mol. The highest BCUT2D eigenvalue weighted by Gasteiger charge is 2.30. The van der Waals surface area contributed by atoms with E-state index in [2.05, 4.69) is 26.1 Å². The number of carbonyl (C=O) groups is 2. The predicted molar refractivity (Wildman–Crippen MR) is 107 cm³/mol. The van der Waals surface area contributed by atoms with E-state index in [1.165, 1.54) is 5.56 Å². The maximum Gasteiger partial charge on any atom is 0.345 e. The molecule has 3 rings (SSSR count). The van der Waals surface area contributed by atoms with E-state index in [0.717, 1.165) is 12.8 Å². The summed E-state index contributed by atoms with van der Waals surface area (Å²) in [5.41, 5.74) is 1.88.